The second kappa shape index (κ2) is 13.6. The zero-order valence-corrected chi connectivity index (χ0v) is 23.4. The molecule has 4 aromatic rings. The number of allylic oxidation sites excluding steroid dienone is 2. The lowest BCUT2D eigenvalue weighted by molar-refractivity contribution is -0.125. The molecule has 1 aromatic heterocycles. The molecule has 1 amide bonds. The summed E-state index contributed by atoms with van der Waals surface area (Å²) in [5, 5.41) is 7.79. The van der Waals surface area contributed by atoms with Crippen molar-refractivity contribution in [3.05, 3.63) is 108 Å². The molecule has 0 atom stereocenters. The minimum absolute atomic E-state index is 0.0904. The van der Waals surface area contributed by atoms with Crippen LogP contribution in [0.15, 0.2) is 91.1 Å². The van der Waals surface area contributed by atoms with Gasteiger partial charge in [-0.1, -0.05) is 54.6 Å². The lowest BCUT2D eigenvalue weighted by atomic mass is 9.87. The van der Waals surface area contributed by atoms with Crippen molar-refractivity contribution in [3.8, 4) is 5.75 Å². The number of aromatic nitrogens is 2. The molecule has 218 valence electrons. The molecule has 0 spiro atoms. The number of alkyl halides is 3. The molecule has 1 N–H and O–H groups in total. The molecule has 42 heavy (non-hydrogen) atoms. The van der Waals surface area contributed by atoms with Crippen LogP contribution in [0.2, 0.25) is 0 Å². The molecule has 0 bridgehead atoms. The quantitative estimate of drug-likeness (QED) is 0.112. The summed E-state index contributed by atoms with van der Waals surface area (Å²) in [5.41, 5.74) is 3.40. The predicted octanol–water partition coefficient (Wildman–Crippen LogP) is 8.20. The molecule has 3 aromatic carbocycles. The van der Waals surface area contributed by atoms with Gasteiger partial charge in [0.05, 0.1) is 24.7 Å². The van der Waals surface area contributed by atoms with E-state index in [-0.39, 0.29) is 11.5 Å². The third-order valence-electron chi connectivity index (χ3n) is 7.39. The highest BCUT2D eigenvalue weighted by Crippen LogP contribution is 2.40. The molecule has 0 saturated carbocycles. The summed E-state index contributed by atoms with van der Waals surface area (Å²) in [6.07, 6.45) is 4.49. The van der Waals surface area contributed by atoms with Crippen molar-refractivity contribution >= 4 is 28.0 Å². The molecule has 1 saturated heterocycles. The normalized spacial score (nSPS) is 14.5. The van der Waals surface area contributed by atoms with Crippen LogP contribution < -0.4 is 4.74 Å². The molecule has 5 rings (SSSR count). The number of unbranched alkanes of at least 4 members (excludes halogenated alkanes) is 2. The van der Waals surface area contributed by atoms with Gasteiger partial charge in [-0.05, 0) is 90.3 Å². The van der Waals surface area contributed by atoms with Crippen LogP contribution in [-0.2, 0) is 4.79 Å². The van der Waals surface area contributed by atoms with Crippen molar-refractivity contribution in [3.63, 3.8) is 0 Å². The summed E-state index contributed by atoms with van der Waals surface area (Å²) in [4.78, 5) is 14.0. The van der Waals surface area contributed by atoms with Gasteiger partial charge in [0.25, 0.3) is 0 Å². The monoisotopic (exact) mass is 573 g/mol. The number of H-pyrrole nitrogens is 1. The molecular formula is C34H34F3N3O2. The number of aromatic amines is 1. The molecule has 1 aliphatic heterocycles. The smallest absolute Gasteiger partial charge is 0.393 e. The van der Waals surface area contributed by atoms with Gasteiger partial charge < -0.3 is 9.64 Å². The van der Waals surface area contributed by atoms with Crippen molar-refractivity contribution in [2.24, 2.45) is 0 Å². The Hall–Kier alpha value is -4.33. The standard InChI is InChI=1S/C34H34F3N3O2/c35-34(36,37)23-30(25-10-4-3-5-11-25)33(27-15-18-31-28(22-27)24-38-39-31)26-13-16-29(17-14-26)42-21-9-2-1-6-12-32(41)40-19-7-8-20-40/h3-6,10-18,22,24H,1-2,7-9,19-21,23H2,(H,38,39)/b12-6+,33-30+. The topological polar surface area (TPSA) is 58.2 Å². The molecule has 5 nitrogen and oxygen atoms in total. The van der Waals surface area contributed by atoms with E-state index in [0.29, 0.717) is 34.6 Å². The summed E-state index contributed by atoms with van der Waals surface area (Å²) in [6.45, 7) is 2.21. The van der Waals surface area contributed by atoms with Gasteiger partial charge in [-0.2, -0.15) is 18.3 Å². The highest BCUT2D eigenvalue weighted by molar-refractivity contribution is 6.00. The number of ether oxygens (including phenoxy) is 1. The van der Waals surface area contributed by atoms with E-state index in [4.69, 9.17) is 4.74 Å². The van der Waals surface area contributed by atoms with E-state index >= 15 is 0 Å². The first-order valence-electron chi connectivity index (χ1n) is 14.3. The average molecular weight is 574 g/mol. The third-order valence-corrected chi connectivity index (χ3v) is 7.39. The van der Waals surface area contributed by atoms with Crippen LogP contribution in [-0.4, -0.2) is 46.9 Å². The maximum Gasteiger partial charge on any atom is 0.393 e. The number of rotatable bonds is 11. The van der Waals surface area contributed by atoms with E-state index in [1.807, 2.05) is 41.3 Å². The number of fused-ring (bicyclic) bond motifs is 1. The van der Waals surface area contributed by atoms with Gasteiger partial charge in [0.15, 0.2) is 0 Å². The minimum Gasteiger partial charge on any atom is -0.494 e. The number of nitrogens with zero attached hydrogens (tertiary/aromatic N) is 2. The molecule has 8 heteroatoms. The number of carbonyl (C=O) groups excluding carboxylic acids is 1. The molecular weight excluding hydrogens is 539 g/mol. The molecule has 2 heterocycles. The van der Waals surface area contributed by atoms with Gasteiger partial charge in [0.1, 0.15) is 5.75 Å². The Morgan fingerprint density at radius 1 is 0.929 bits per heavy atom. The first kappa shape index (κ1) is 29.2. The van der Waals surface area contributed by atoms with Crippen molar-refractivity contribution in [1.29, 1.82) is 0 Å². The summed E-state index contributed by atoms with van der Waals surface area (Å²) < 4.78 is 47.7. The van der Waals surface area contributed by atoms with Gasteiger partial charge in [0, 0.05) is 18.5 Å². The van der Waals surface area contributed by atoms with Gasteiger partial charge in [-0.25, -0.2) is 0 Å². The number of halogens is 3. The fourth-order valence-electron chi connectivity index (χ4n) is 5.29. The highest BCUT2D eigenvalue weighted by atomic mass is 19.4. The van der Waals surface area contributed by atoms with E-state index < -0.39 is 12.6 Å². The minimum atomic E-state index is -4.39. The number of likely N-dealkylation sites (tertiary alicyclic amines) is 1. The van der Waals surface area contributed by atoms with Crippen LogP contribution in [0.25, 0.3) is 22.0 Å². The van der Waals surface area contributed by atoms with Gasteiger partial charge in [-0.3, -0.25) is 9.89 Å². The van der Waals surface area contributed by atoms with Gasteiger partial charge >= 0.3 is 6.18 Å². The zero-order valence-electron chi connectivity index (χ0n) is 23.4. The Labute approximate surface area is 243 Å². The zero-order chi connectivity index (χ0) is 29.4. The Morgan fingerprint density at radius 3 is 2.40 bits per heavy atom. The van der Waals surface area contributed by atoms with Crippen LogP contribution in [0.5, 0.6) is 5.75 Å². The van der Waals surface area contributed by atoms with Crippen LogP contribution in [0.3, 0.4) is 0 Å². The van der Waals surface area contributed by atoms with E-state index in [2.05, 4.69) is 10.2 Å². The lowest BCUT2D eigenvalue weighted by Gasteiger charge is -2.19. The molecule has 0 aliphatic carbocycles. The second-order valence-corrected chi connectivity index (χ2v) is 10.5. The molecule has 1 aliphatic rings. The number of benzene rings is 3. The van der Waals surface area contributed by atoms with Crippen LogP contribution in [0.4, 0.5) is 13.2 Å². The van der Waals surface area contributed by atoms with E-state index in [1.165, 1.54) is 0 Å². The summed E-state index contributed by atoms with van der Waals surface area (Å²) in [5.74, 6) is 0.743. The molecule has 0 unspecified atom stereocenters. The third kappa shape index (κ3) is 7.69. The Bertz CT molecular complexity index is 1530. The van der Waals surface area contributed by atoms with Crippen molar-refractivity contribution in [2.45, 2.75) is 44.7 Å². The SMILES string of the molecule is O=C(/C=C/CCCCOc1ccc(/C(=C(/CC(F)(F)F)c2ccccc2)c2ccc3[nH]ncc3c2)cc1)N1CCCC1. The Morgan fingerprint density at radius 2 is 1.67 bits per heavy atom. The maximum atomic E-state index is 13.9. The number of hydrogen-bond donors (Lipinski definition) is 1. The largest absolute Gasteiger partial charge is 0.494 e. The van der Waals surface area contributed by atoms with Crippen LogP contribution in [0, 0.1) is 0 Å². The van der Waals surface area contributed by atoms with Crippen molar-refractivity contribution < 1.29 is 22.7 Å². The fraction of sp³-hybridized carbons (Fsp3) is 0.294. The van der Waals surface area contributed by atoms with Crippen LogP contribution in [0.1, 0.15) is 55.2 Å². The summed E-state index contributed by atoms with van der Waals surface area (Å²) in [6, 6.07) is 21.5. The van der Waals surface area contributed by atoms with Gasteiger partial charge in [-0.15, -0.1) is 0 Å². The summed E-state index contributed by atoms with van der Waals surface area (Å²) in [7, 11) is 0. The highest BCUT2D eigenvalue weighted by Gasteiger charge is 2.31. The van der Waals surface area contributed by atoms with E-state index in [0.717, 1.165) is 56.1 Å². The van der Waals surface area contributed by atoms with Crippen LogP contribution >= 0.6 is 0 Å². The molecule has 1 fully saturated rings. The lowest BCUT2D eigenvalue weighted by Crippen LogP contribution is -2.25. The first-order valence-corrected chi connectivity index (χ1v) is 14.3. The average Bonchev–Trinajstić information content (AvgIpc) is 3.69. The van der Waals surface area contributed by atoms with Gasteiger partial charge in [0.2, 0.25) is 5.91 Å². The first-order chi connectivity index (χ1) is 20.4. The van der Waals surface area contributed by atoms with Crippen molar-refractivity contribution in [1.82, 2.24) is 15.1 Å². The Kier molecular flexibility index (Phi) is 9.41. The second-order valence-electron chi connectivity index (χ2n) is 10.5. The number of amides is 1. The van der Waals surface area contributed by atoms with Crippen molar-refractivity contribution in [2.75, 3.05) is 19.7 Å². The summed E-state index contributed by atoms with van der Waals surface area (Å²) >= 11 is 0. The Balaban J connectivity index is 1.31. The van der Waals surface area contributed by atoms with E-state index in [9.17, 15) is 18.0 Å². The maximum absolute atomic E-state index is 13.9. The number of hydrogen-bond acceptors (Lipinski definition) is 3. The fourth-order valence-corrected chi connectivity index (χ4v) is 5.29. The van der Waals surface area contributed by atoms with E-state index in [1.54, 1.807) is 54.7 Å². The molecule has 0 radical (unpaired) electrons. The predicted molar refractivity (Wildman–Crippen MR) is 160 cm³/mol. The number of carbonyl (C=O) groups is 1. The number of nitrogens with one attached hydrogen (secondary N) is 1.